The van der Waals surface area contributed by atoms with Gasteiger partial charge in [-0.05, 0) is 51.2 Å². The first-order chi connectivity index (χ1) is 7.79. The zero-order valence-electron chi connectivity index (χ0n) is 10.7. The normalized spacial score (nSPS) is 30.0. The molecule has 0 aromatic carbocycles. The first kappa shape index (κ1) is 12.3. The summed E-state index contributed by atoms with van der Waals surface area (Å²) in [5.74, 6) is 1.74. The van der Waals surface area contributed by atoms with Crippen molar-refractivity contribution in [1.29, 1.82) is 0 Å². The maximum atomic E-state index is 5.74. The highest BCUT2D eigenvalue weighted by atomic mass is 16.5. The highest BCUT2D eigenvalue weighted by molar-refractivity contribution is 4.83. The summed E-state index contributed by atoms with van der Waals surface area (Å²) in [6.07, 6.45) is 3.05. The van der Waals surface area contributed by atoms with Gasteiger partial charge in [-0.25, -0.2) is 0 Å². The van der Waals surface area contributed by atoms with Crippen LogP contribution in [0.3, 0.4) is 0 Å². The van der Waals surface area contributed by atoms with Gasteiger partial charge < -0.3 is 15.0 Å². The van der Waals surface area contributed by atoms with Gasteiger partial charge in [0.25, 0.3) is 0 Å². The molecule has 0 bridgehead atoms. The number of nitrogens with zero attached hydrogens (tertiary/aromatic N) is 1. The van der Waals surface area contributed by atoms with E-state index in [1.165, 1.54) is 39.0 Å². The minimum atomic E-state index is 0.491. The minimum absolute atomic E-state index is 0.491. The molecule has 0 amide bonds. The standard InChI is InChI=1S/C13H26N2O/c1-3-16-13-5-4-6-15(10-13)9-11(2)12-7-14-8-12/h11-14H,3-10H2,1-2H3. The van der Waals surface area contributed by atoms with Crippen LogP contribution in [0.15, 0.2) is 0 Å². The van der Waals surface area contributed by atoms with Crippen LogP contribution in [0.1, 0.15) is 26.7 Å². The predicted molar refractivity (Wildman–Crippen MR) is 66.6 cm³/mol. The van der Waals surface area contributed by atoms with E-state index in [2.05, 4.69) is 24.1 Å². The first-order valence-corrected chi connectivity index (χ1v) is 6.84. The van der Waals surface area contributed by atoms with Gasteiger partial charge in [-0.3, -0.25) is 0 Å². The number of hydrogen-bond acceptors (Lipinski definition) is 3. The fraction of sp³-hybridized carbons (Fsp3) is 1.00. The summed E-state index contributed by atoms with van der Waals surface area (Å²) < 4.78 is 5.74. The summed E-state index contributed by atoms with van der Waals surface area (Å²) in [6.45, 7) is 11.5. The number of nitrogens with one attached hydrogen (secondary N) is 1. The van der Waals surface area contributed by atoms with Gasteiger partial charge in [-0.2, -0.15) is 0 Å². The average molecular weight is 226 g/mol. The van der Waals surface area contributed by atoms with Crippen molar-refractivity contribution in [2.24, 2.45) is 11.8 Å². The van der Waals surface area contributed by atoms with E-state index < -0.39 is 0 Å². The quantitative estimate of drug-likeness (QED) is 0.766. The molecular formula is C13H26N2O. The lowest BCUT2D eigenvalue weighted by Gasteiger charge is -2.38. The van der Waals surface area contributed by atoms with Crippen LogP contribution >= 0.6 is 0 Å². The molecule has 2 fully saturated rings. The molecule has 0 spiro atoms. The second-order valence-corrected chi connectivity index (χ2v) is 5.37. The van der Waals surface area contributed by atoms with Crippen molar-refractivity contribution >= 4 is 0 Å². The molecule has 0 aromatic rings. The molecule has 1 N–H and O–H groups in total. The molecule has 2 aliphatic rings. The molecule has 2 heterocycles. The molecule has 0 radical (unpaired) electrons. The van der Waals surface area contributed by atoms with Crippen LogP contribution < -0.4 is 5.32 Å². The third-order valence-corrected chi connectivity index (χ3v) is 4.03. The van der Waals surface area contributed by atoms with E-state index in [1.807, 2.05) is 0 Å². The number of likely N-dealkylation sites (tertiary alicyclic amines) is 1. The van der Waals surface area contributed by atoms with E-state index in [1.54, 1.807) is 0 Å². The van der Waals surface area contributed by atoms with Crippen molar-refractivity contribution in [1.82, 2.24) is 10.2 Å². The Labute approximate surface area is 99.5 Å². The highest BCUT2D eigenvalue weighted by Crippen LogP contribution is 2.20. The zero-order valence-corrected chi connectivity index (χ0v) is 10.7. The molecule has 16 heavy (non-hydrogen) atoms. The van der Waals surface area contributed by atoms with Crippen LogP contribution in [0, 0.1) is 11.8 Å². The molecular weight excluding hydrogens is 200 g/mol. The molecule has 0 aliphatic carbocycles. The van der Waals surface area contributed by atoms with Gasteiger partial charge in [0.1, 0.15) is 0 Å². The van der Waals surface area contributed by atoms with Gasteiger partial charge in [-0.15, -0.1) is 0 Å². The second kappa shape index (κ2) is 5.99. The lowest BCUT2D eigenvalue weighted by atomic mass is 9.88. The van der Waals surface area contributed by atoms with Crippen molar-refractivity contribution < 1.29 is 4.74 Å². The van der Waals surface area contributed by atoms with Crippen LogP contribution in [-0.4, -0.2) is 50.3 Å². The maximum Gasteiger partial charge on any atom is 0.0702 e. The van der Waals surface area contributed by atoms with Crippen LogP contribution in [0.25, 0.3) is 0 Å². The second-order valence-electron chi connectivity index (χ2n) is 5.37. The van der Waals surface area contributed by atoms with Crippen molar-refractivity contribution in [3.63, 3.8) is 0 Å². The van der Waals surface area contributed by atoms with Crippen LogP contribution in [-0.2, 0) is 4.74 Å². The van der Waals surface area contributed by atoms with Gasteiger partial charge in [0.05, 0.1) is 6.10 Å². The highest BCUT2D eigenvalue weighted by Gasteiger charge is 2.27. The molecule has 2 saturated heterocycles. The van der Waals surface area contributed by atoms with Gasteiger partial charge >= 0.3 is 0 Å². The third kappa shape index (κ3) is 3.19. The Morgan fingerprint density at radius 3 is 2.88 bits per heavy atom. The first-order valence-electron chi connectivity index (χ1n) is 6.84. The lowest BCUT2D eigenvalue weighted by Crippen LogP contribution is -2.50. The van der Waals surface area contributed by atoms with E-state index in [4.69, 9.17) is 4.74 Å². The molecule has 94 valence electrons. The van der Waals surface area contributed by atoms with E-state index >= 15 is 0 Å². The van der Waals surface area contributed by atoms with E-state index in [9.17, 15) is 0 Å². The minimum Gasteiger partial charge on any atom is -0.377 e. The Kier molecular flexibility index (Phi) is 4.62. The van der Waals surface area contributed by atoms with Gasteiger partial charge in [-0.1, -0.05) is 6.92 Å². The summed E-state index contributed by atoms with van der Waals surface area (Å²) in [4.78, 5) is 2.60. The molecule has 0 aromatic heterocycles. The monoisotopic (exact) mass is 226 g/mol. The molecule has 2 aliphatic heterocycles. The fourth-order valence-electron chi connectivity index (χ4n) is 2.82. The maximum absolute atomic E-state index is 5.74. The van der Waals surface area contributed by atoms with Gasteiger partial charge in [0.2, 0.25) is 0 Å². The van der Waals surface area contributed by atoms with Crippen LogP contribution in [0.5, 0.6) is 0 Å². The molecule has 2 atom stereocenters. The summed E-state index contributed by atoms with van der Waals surface area (Å²) in [7, 11) is 0. The fourth-order valence-corrected chi connectivity index (χ4v) is 2.82. The Morgan fingerprint density at radius 1 is 1.44 bits per heavy atom. The summed E-state index contributed by atoms with van der Waals surface area (Å²) in [6, 6.07) is 0. The van der Waals surface area contributed by atoms with E-state index in [0.29, 0.717) is 6.10 Å². The molecule has 3 heteroatoms. The SMILES string of the molecule is CCOC1CCCN(CC(C)C2CNC2)C1. The summed E-state index contributed by atoms with van der Waals surface area (Å²) in [5.41, 5.74) is 0. The zero-order chi connectivity index (χ0) is 11.4. The molecule has 0 saturated carbocycles. The average Bonchev–Trinajstić information content (AvgIpc) is 2.15. The van der Waals surface area contributed by atoms with Crippen molar-refractivity contribution in [3.05, 3.63) is 0 Å². The van der Waals surface area contributed by atoms with E-state index in [0.717, 1.165) is 25.0 Å². The molecule has 2 unspecified atom stereocenters. The third-order valence-electron chi connectivity index (χ3n) is 4.03. The largest absolute Gasteiger partial charge is 0.377 e. The van der Waals surface area contributed by atoms with Gasteiger partial charge in [0, 0.05) is 19.7 Å². The Balaban J connectivity index is 1.71. The number of ether oxygens (including phenoxy) is 1. The van der Waals surface area contributed by atoms with Gasteiger partial charge in [0.15, 0.2) is 0 Å². The number of rotatable bonds is 5. The Hall–Kier alpha value is -0.120. The number of hydrogen-bond donors (Lipinski definition) is 1. The van der Waals surface area contributed by atoms with Crippen molar-refractivity contribution in [3.8, 4) is 0 Å². The molecule has 3 nitrogen and oxygen atoms in total. The van der Waals surface area contributed by atoms with Crippen molar-refractivity contribution in [2.45, 2.75) is 32.8 Å². The van der Waals surface area contributed by atoms with Crippen LogP contribution in [0.4, 0.5) is 0 Å². The van der Waals surface area contributed by atoms with Crippen molar-refractivity contribution in [2.75, 3.05) is 39.3 Å². The van der Waals surface area contributed by atoms with Crippen LogP contribution in [0.2, 0.25) is 0 Å². The Bertz CT molecular complexity index is 204. The number of piperidine rings is 1. The topological polar surface area (TPSA) is 24.5 Å². The summed E-state index contributed by atoms with van der Waals surface area (Å²) in [5, 5.41) is 3.37. The summed E-state index contributed by atoms with van der Waals surface area (Å²) >= 11 is 0. The van der Waals surface area contributed by atoms with E-state index in [-0.39, 0.29) is 0 Å². The smallest absolute Gasteiger partial charge is 0.0702 e. The molecule has 2 rings (SSSR count). The predicted octanol–water partition coefficient (Wildman–Crippen LogP) is 1.34. The Morgan fingerprint density at radius 2 is 2.25 bits per heavy atom. The lowest BCUT2D eigenvalue weighted by molar-refractivity contribution is -0.00126.